The van der Waals surface area contributed by atoms with Gasteiger partial charge in [-0.1, -0.05) is 78.6 Å². The second-order valence-corrected chi connectivity index (χ2v) is 8.07. The van der Waals surface area contributed by atoms with E-state index in [1.165, 1.54) is 32.1 Å². The van der Waals surface area contributed by atoms with Crippen LogP contribution in [0, 0.1) is 17.8 Å². The summed E-state index contributed by atoms with van der Waals surface area (Å²) in [5, 5.41) is 9.42. The topological polar surface area (TPSA) is 63.6 Å². The van der Waals surface area contributed by atoms with Gasteiger partial charge >= 0.3 is 11.9 Å². The number of carboxylic acids is 1. The molecule has 0 radical (unpaired) electrons. The van der Waals surface area contributed by atoms with Crippen LogP contribution in [0.25, 0.3) is 0 Å². The lowest BCUT2D eigenvalue weighted by Crippen LogP contribution is -2.36. The molecule has 0 bridgehead atoms. The number of carbonyl (C=O) groups is 2. The first kappa shape index (κ1) is 23.0. The van der Waals surface area contributed by atoms with Gasteiger partial charge < -0.3 is 9.84 Å². The van der Waals surface area contributed by atoms with E-state index in [-0.39, 0.29) is 12.1 Å². The SMILES string of the molecule is CCCCCC(CCC)CC(CCC)OC(=O)C1CCCCC1C(=O)O. The van der Waals surface area contributed by atoms with Gasteiger partial charge in [0, 0.05) is 0 Å². The maximum absolute atomic E-state index is 12.7. The number of hydrogen-bond acceptors (Lipinski definition) is 3. The summed E-state index contributed by atoms with van der Waals surface area (Å²) in [7, 11) is 0. The molecule has 0 saturated heterocycles. The summed E-state index contributed by atoms with van der Waals surface area (Å²) >= 11 is 0. The highest BCUT2D eigenvalue weighted by atomic mass is 16.5. The van der Waals surface area contributed by atoms with E-state index in [1.54, 1.807) is 0 Å². The lowest BCUT2D eigenvalue weighted by atomic mass is 9.79. The summed E-state index contributed by atoms with van der Waals surface area (Å²) in [5.74, 6) is -1.51. The molecule has 0 aromatic carbocycles. The van der Waals surface area contributed by atoms with E-state index in [4.69, 9.17) is 4.74 Å². The number of aliphatic carboxylic acids is 1. The molecule has 1 aliphatic rings. The standard InChI is InChI=1S/C22H40O4/c1-4-7-8-13-17(11-5-2)16-18(12-6-3)26-22(25)20-15-10-9-14-19(20)21(23)24/h17-20H,4-16H2,1-3H3,(H,23,24). The van der Waals surface area contributed by atoms with Gasteiger partial charge in [-0.05, 0) is 31.6 Å². The van der Waals surface area contributed by atoms with Gasteiger partial charge in [0.25, 0.3) is 0 Å². The van der Waals surface area contributed by atoms with Crippen molar-refractivity contribution in [2.24, 2.45) is 17.8 Å². The molecule has 1 rings (SSSR count). The molecule has 1 saturated carbocycles. The third kappa shape index (κ3) is 8.09. The predicted molar refractivity (Wildman–Crippen MR) is 105 cm³/mol. The van der Waals surface area contributed by atoms with Crippen LogP contribution in [0.4, 0.5) is 0 Å². The molecule has 4 heteroatoms. The Bertz CT molecular complexity index is 407. The van der Waals surface area contributed by atoms with Gasteiger partial charge in [-0.25, -0.2) is 0 Å². The van der Waals surface area contributed by atoms with Crippen molar-refractivity contribution in [1.82, 2.24) is 0 Å². The number of unbranched alkanes of at least 4 members (excludes halogenated alkanes) is 2. The van der Waals surface area contributed by atoms with Gasteiger partial charge in [-0.3, -0.25) is 9.59 Å². The highest BCUT2D eigenvalue weighted by Crippen LogP contribution is 2.32. The first-order valence-electron chi connectivity index (χ1n) is 11.0. The Morgan fingerprint density at radius 2 is 1.58 bits per heavy atom. The summed E-state index contributed by atoms with van der Waals surface area (Å²) in [5.41, 5.74) is 0. The molecule has 4 nitrogen and oxygen atoms in total. The molecular weight excluding hydrogens is 328 g/mol. The zero-order chi connectivity index (χ0) is 19.4. The normalized spacial score (nSPS) is 22.6. The van der Waals surface area contributed by atoms with Gasteiger partial charge in [-0.15, -0.1) is 0 Å². The zero-order valence-electron chi connectivity index (χ0n) is 17.2. The maximum Gasteiger partial charge on any atom is 0.310 e. The second-order valence-electron chi connectivity index (χ2n) is 8.07. The van der Waals surface area contributed by atoms with Crippen molar-refractivity contribution >= 4 is 11.9 Å². The summed E-state index contributed by atoms with van der Waals surface area (Å²) in [6, 6.07) is 0. The minimum absolute atomic E-state index is 0.0537. The lowest BCUT2D eigenvalue weighted by molar-refractivity contribution is -0.164. The molecule has 0 amide bonds. The molecule has 152 valence electrons. The molecule has 0 aliphatic heterocycles. The highest BCUT2D eigenvalue weighted by molar-refractivity contribution is 5.81. The smallest absolute Gasteiger partial charge is 0.310 e. The van der Waals surface area contributed by atoms with E-state index < -0.39 is 17.8 Å². The van der Waals surface area contributed by atoms with Crippen LogP contribution in [-0.4, -0.2) is 23.1 Å². The molecular formula is C22H40O4. The third-order valence-electron chi connectivity index (χ3n) is 5.79. The van der Waals surface area contributed by atoms with Crippen molar-refractivity contribution in [2.45, 2.75) is 110 Å². The molecule has 4 unspecified atom stereocenters. The van der Waals surface area contributed by atoms with Crippen molar-refractivity contribution in [3.05, 3.63) is 0 Å². The van der Waals surface area contributed by atoms with Crippen LogP contribution in [0.1, 0.15) is 104 Å². The fraction of sp³-hybridized carbons (Fsp3) is 0.909. The number of rotatable bonds is 13. The fourth-order valence-corrected chi connectivity index (χ4v) is 4.35. The molecule has 1 aliphatic carbocycles. The minimum atomic E-state index is -0.845. The van der Waals surface area contributed by atoms with E-state index in [0.29, 0.717) is 18.8 Å². The predicted octanol–water partition coefficient (Wildman–Crippen LogP) is 5.98. The van der Waals surface area contributed by atoms with Crippen molar-refractivity contribution < 1.29 is 19.4 Å². The van der Waals surface area contributed by atoms with Crippen molar-refractivity contribution in [1.29, 1.82) is 0 Å². The number of esters is 1. The molecule has 26 heavy (non-hydrogen) atoms. The zero-order valence-corrected chi connectivity index (χ0v) is 17.2. The quantitative estimate of drug-likeness (QED) is 0.321. The van der Waals surface area contributed by atoms with Crippen LogP contribution in [0.5, 0.6) is 0 Å². The Balaban J connectivity index is 2.65. The van der Waals surface area contributed by atoms with E-state index >= 15 is 0 Å². The molecule has 1 N–H and O–H groups in total. The fourth-order valence-electron chi connectivity index (χ4n) is 4.35. The summed E-state index contributed by atoms with van der Waals surface area (Å²) in [6.45, 7) is 6.56. The summed E-state index contributed by atoms with van der Waals surface area (Å²) < 4.78 is 5.89. The second kappa shape index (κ2) is 13.2. The Labute approximate surface area is 160 Å². The first-order chi connectivity index (χ1) is 12.5. The van der Waals surface area contributed by atoms with Gasteiger partial charge in [0.1, 0.15) is 6.10 Å². The van der Waals surface area contributed by atoms with Gasteiger partial charge in [-0.2, -0.15) is 0 Å². The van der Waals surface area contributed by atoms with E-state index in [2.05, 4.69) is 20.8 Å². The average Bonchev–Trinajstić information content (AvgIpc) is 2.62. The first-order valence-corrected chi connectivity index (χ1v) is 11.0. The van der Waals surface area contributed by atoms with Crippen LogP contribution >= 0.6 is 0 Å². The average molecular weight is 369 g/mol. The molecule has 0 spiro atoms. The van der Waals surface area contributed by atoms with E-state index in [9.17, 15) is 14.7 Å². The summed E-state index contributed by atoms with van der Waals surface area (Å²) in [4.78, 5) is 24.2. The largest absolute Gasteiger partial charge is 0.481 e. The number of ether oxygens (including phenoxy) is 1. The van der Waals surface area contributed by atoms with Crippen LogP contribution in [0.3, 0.4) is 0 Å². The van der Waals surface area contributed by atoms with Crippen LogP contribution in [0.2, 0.25) is 0 Å². The van der Waals surface area contributed by atoms with E-state index in [1.807, 2.05) is 0 Å². The lowest BCUT2D eigenvalue weighted by Gasteiger charge is -2.30. The Kier molecular flexibility index (Phi) is 11.6. The molecule has 0 aromatic heterocycles. The van der Waals surface area contributed by atoms with Gasteiger partial charge in [0.15, 0.2) is 0 Å². The number of carboxylic acid groups (broad SMARTS) is 1. The molecule has 1 fully saturated rings. The van der Waals surface area contributed by atoms with Crippen molar-refractivity contribution in [2.75, 3.05) is 0 Å². The van der Waals surface area contributed by atoms with Crippen LogP contribution in [-0.2, 0) is 14.3 Å². The number of carbonyl (C=O) groups excluding carboxylic acids is 1. The number of hydrogen-bond donors (Lipinski definition) is 1. The van der Waals surface area contributed by atoms with Gasteiger partial charge in [0.2, 0.25) is 0 Å². The van der Waals surface area contributed by atoms with Crippen molar-refractivity contribution in [3.8, 4) is 0 Å². The Hall–Kier alpha value is -1.06. The summed E-state index contributed by atoms with van der Waals surface area (Å²) in [6.07, 6.45) is 13.1. The highest BCUT2D eigenvalue weighted by Gasteiger charge is 2.37. The molecule has 4 atom stereocenters. The van der Waals surface area contributed by atoms with Crippen molar-refractivity contribution in [3.63, 3.8) is 0 Å². The molecule has 0 heterocycles. The van der Waals surface area contributed by atoms with E-state index in [0.717, 1.165) is 38.5 Å². The Morgan fingerprint density at radius 3 is 2.15 bits per heavy atom. The van der Waals surface area contributed by atoms with Crippen LogP contribution in [0.15, 0.2) is 0 Å². The monoisotopic (exact) mass is 368 g/mol. The minimum Gasteiger partial charge on any atom is -0.481 e. The van der Waals surface area contributed by atoms with Crippen LogP contribution < -0.4 is 0 Å². The molecule has 0 aromatic rings. The maximum atomic E-state index is 12.7. The van der Waals surface area contributed by atoms with Gasteiger partial charge in [0.05, 0.1) is 11.8 Å². The Morgan fingerprint density at radius 1 is 0.923 bits per heavy atom. The third-order valence-corrected chi connectivity index (χ3v) is 5.79.